The van der Waals surface area contributed by atoms with Crippen LogP contribution in [0, 0.1) is 17.2 Å². The summed E-state index contributed by atoms with van der Waals surface area (Å²) in [5.74, 6) is 0.481. The van der Waals surface area contributed by atoms with Gasteiger partial charge in [0.05, 0.1) is 0 Å². The lowest BCUT2D eigenvalue weighted by Gasteiger charge is -2.15. The van der Waals surface area contributed by atoms with Crippen LogP contribution in [0.4, 0.5) is 5.69 Å². The zero-order valence-corrected chi connectivity index (χ0v) is 15.2. The number of ether oxygens (including phenoxy) is 1. The first-order valence-electron chi connectivity index (χ1n) is 9.01. The fraction of sp³-hybridized carbons (Fsp3) is 0.381. The minimum Gasteiger partial charge on any atom is -0.467 e. The molecule has 1 aromatic carbocycles. The number of rotatable bonds is 6. The normalized spacial score (nSPS) is 12.5. The smallest absolute Gasteiger partial charge is 0.262 e. The molecule has 1 N–H and O–H groups in total. The van der Waals surface area contributed by atoms with Gasteiger partial charge in [-0.2, -0.15) is 5.26 Å². The summed E-state index contributed by atoms with van der Waals surface area (Å²) in [6, 6.07) is 11.4. The molecule has 0 aliphatic heterocycles. The molecular formula is C21H23N3O2. The molecule has 134 valence electrons. The molecule has 5 heteroatoms. The van der Waals surface area contributed by atoms with Crippen molar-refractivity contribution in [2.45, 2.75) is 39.5 Å². The SMILES string of the molecule is CC(C)Cc1nc(OCC(=O)Nc2ccccc2)c(C#N)c2c1CCC2. The van der Waals surface area contributed by atoms with E-state index in [9.17, 15) is 10.1 Å². The van der Waals surface area contributed by atoms with Crippen molar-refractivity contribution < 1.29 is 9.53 Å². The van der Waals surface area contributed by atoms with Gasteiger partial charge in [0.25, 0.3) is 5.91 Å². The number of pyridine rings is 1. The molecule has 3 rings (SSSR count). The van der Waals surface area contributed by atoms with E-state index >= 15 is 0 Å². The predicted octanol–water partition coefficient (Wildman–Crippen LogP) is 3.66. The Balaban J connectivity index is 1.78. The second-order valence-corrected chi connectivity index (χ2v) is 6.96. The first-order valence-corrected chi connectivity index (χ1v) is 9.01. The summed E-state index contributed by atoms with van der Waals surface area (Å²) >= 11 is 0. The summed E-state index contributed by atoms with van der Waals surface area (Å²) in [5, 5.41) is 12.4. The number of nitrogens with zero attached hydrogens (tertiary/aromatic N) is 2. The van der Waals surface area contributed by atoms with E-state index in [1.807, 2.05) is 30.3 Å². The third-order valence-electron chi connectivity index (χ3n) is 4.43. The van der Waals surface area contributed by atoms with Crippen molar-refractivity contribution in [1.82, 2.24) is 4.98 Å². The van der Waals surface area contributed by atoms with Gasteiger partial charge in [0.2, 0.25) is 5.88 Å². The zero-order chi connectivity index (χ0) is 18.5. The van der Waals surface area contributed by atoms with Gasteiger partial charge in [-0.1, -0.05) is 32.0 Å². The van der Waals surface area contributed by atoms with Gasteiger partial charge in [-0.05, 0) is 54.9 Å². The number of aromatic nitrogens is 1. The van der Waals surface area contributed by atoms with Crippen molar-refractivity contribution in [1.29, 1.82) is 5.26 Å². The highest BCUT2D eigenvalue weighted by Gasteiger charge is 2.24. The molecule has 1 heterocycles. The van der Waals surface area contributed by atoms with Crippen LogP contribution in [0.2, 0.25) is 0 Å². The summed E-state index contributed by atoms with van der Waals surface area (Å²) in [4.78, 5) is 16.7. The van der Waals surface area contributed by atoms with Crippen LogP contribution in [0.1, 0.15) is 42.7 Å². The molecule has 0 atom stereocenters. The minimum absolute atomic E-state index is 0.170. The molecule has 1 amide bonds. The molecular weight excluding hydrogens is 326 g/mol. The molecule has 0 spiro atoms. The van der Waals surface area contributed by atoms with Crippen LogP contribution in [0.25, 0.3) is 0 Å². The number of nitrogens with one attached hydrogen (secondary N) is 1. The van der Waals surface area contributed by atoms with Gasteiger partial charge in [-0.25, -0.2) is 4.98 Å². The number of carbonyl (C=O) groups excluding carboxylic acids is 1. The third-order valence-corrected chi connectivity index (χ3v) is 4.43. The number of para-hydroxylation sites is 1. The molecule has 0 radical (unpaired) electrons. The number of anilines is 1. The Morgan fingerprint density at radius 3 is 2.69 bits per heavy atom. The van der Waals surface area contributed by atoms with Gasteiger partial charge >= 0.3 is 0 Å². The summed E-state index contributed by atoms with van der Waals surface area (Å²) in [5.41, 5.74) is 4.46. The van der Waals surface area contributed by atoms with Crippen molar-refractivity contribution in [2.75, 3.05) is 11.9 Å². The van der Waals surface area contributed by atoms with Gasteiger partial charge in [-0.15, -0.1) is 0 Å². The number of carbonyl (C=O) groups is 1. The standard InChI is InChI=1S/C21H23N3O2/c1-14(2)11-19-17-10-6-9-16(17)18(12-22)21(24-19)26-13-20(25)23-15-7-4-3-5-8-15/h3-5,7-8,14H,6,9-11,13H2,1-2H3,(H,23,25). The average Bonchev–Trinajstić information content (AvgIpc) is 3.10. The fourth-order valence-electron chi connectivity index (χ4n) is 3.34. The Bertz CT molecular complexity index is 839. The first-order chi connectivity index (χ1) is 12.6. The van der Waals surface area contributed by atoms with Crippen LogP contribution in [-0.4, -0.2) is 17.5 Å². The monoisotopic (exact) mass is 349 g/mol. The van der Waals surface area contributed by atoms with E-state index in [2.05, 4.69) is 30.2 Å². The van der Waals surface area contributed by atoms with Crippen molar-refractivity contribution in [3.63, 3.8) is 0 Å². The Morgan fingerprint density at radius 1 is 1.27 bits per heavy atom. The molecule has 0 bridgehead atoms. The van der Waals surface area contributed by atoms with Crippen LogP contribution < -0.4 is 10.1 Å². The van der Waals surface area contributed by atoms with E-state index in [4.69, 9.17) is 4.74 Å². The van der Waals surface area contributed by atoms with Gasteiger partial charge in [0, 0.05) is 11.4 Å². The van der Waals surface area contributed by atoms with Gasteiger partial charge in [0.15, 0.2) is 6.61 Å². The molecule has 2 aromatic rings. The van der Waals surface area contributed by atoms with Crippen molar-refractivity contribution >= 4 is 11.6 Å². The molecule has 0 unspecified atom stereocenters. The van der Waals surface area contributed by atoms with Crippen molar-refractivity contribution in [3.05, 3.63) is 52.7 Å². The molecule has 0 saturated carbocycles. The molecule has 0 fully saturated rings. The number of hydrogen-bond acceptors (Lipinski definition) is 4. The summed E-state index contributed by atoms with van der Waals surface area (Å²) in [7, 11) is 0. The fourth-order valence-corrected chi connectivity index (χ4v) is 3.34. The minimum atomic E-state index is -0.271. The number of hydrogen-bond donors (Lipinski definition) is 1. The number of fused-ring (bicyclic) bond motifs is 1. The summed E-state index contributed by atoms with van der Waals surface area (Å²) in [6.07, 6.45) is 3.72. The lowest BCUT2D eigenvalue weighted by atomic mass is 9.98. The molecule has 1 aromatic heterocycles. The van der Waals surface area contributed by atoms with E-state index < -0.39 is 0 Å². The second kappa shape index (κ2) is 8.01. The molecule has 5 nitrogen and oxygen atoms in total. The molecule has 1 aliphatic rings. The van der Waals surface area contributed by atoms with Crippen LogP contribution >= 0.6 is 0 Å². The lowest BCUT2D eigenvalue weighted by Crippen LogP contribution is -2.21. The van der Waals surface area contributed by atoms with E-state index in [1.165, 1.54) is 5.56 Å². The Labute approximate surface area is 154 Å². The molecule has 26 heavy (non-hydrogen) atoms. The van der Waals surface area contributed by atoms with Crippen LogP contribution in [-0.2, 0) is 24.1 Å². The van der Waals surface area contributed by atoms with Gasteiger partial charge in [0.1, 0.15) is 11.6 Å². The van der Waals surface area contributed by atoms with Crippen LogP contribution in [0.15, 0.2) is 30.3 Å². The summed E-state index contributed by atoms with van der Waals surface area (Å²) in [6.45, 7) is 4.13. The van der Waals surface area contributed by atoms with Crippen LogP contribution in [0.3, 0.4) is 0 Å². The van der Waals surface area contributed by atoms with E-state index in [0.29, 0.717) is 17.2 Å². The maximum Gasteiger partial charge on any atom is 0.262 e. The number of amides is 1. The van der Waals surface area contributed by atoms with E-state index in [1.54, 1.807) is 0 Å². The highest BCUT2D eigenvalue weighted by atomic mass is 16.5. The molecule has 0 saturated heterocycles. The lowest BCUT2D eigenvalue weighted by molar-refractivity contribution is -0.118. The van der Waals surface area contributed by atoms with Crippen molar-refractivity contribution in [2.24, 2.45) is 5.92 Å². The van der Waals surface area contributed by atoms with Crippen molar-refractivity contribution in [3.8, 4) is 11.9 Å². The maximum atomic E-state index is 12.1. The van der Waals surface area contributed by atoms with Gasteiger partial charge < -0.3 is 10.1 Å². The van der Waals surface area contributed by atoms with Gasteiger partial charge in [-0.3, -0.25) is 4.79 Å². The largest absolute Gasteiger partial charge is 0.467 e. The average molecular weight is 349 g/mol. The third kappa shape index (κ3) is 4.02. The number of benzene rings is 1. The Kier molecular flexibility index (Phi) is 5.52. The highest BCUT2D eigenvalue weighted by Crippen LogP contribution is 2.33. The molecule has 1 aliphatic carbocycles. The quantitative estimate of drug-likeness (QED) is 0.863. The topological polar surface area (TPSA) is 75.0 Å². The second-order valence-electron chi connectivity index (χ2n) is 6.96. The summed E-state index contributed by atoms with van der Waals surface area (Å²) < 4.78 is 5.66. The Hall–Kier alpha value is -2.87. The highest BCUT2D eigenvalue weighted by molar-refractivity contribution is 5.91. The predicted molar refractivity (Wildman–Crippen MR) is 100 cm³/mol. The Morgan fingerprint density at radius 2 is 2.00 bits per heavy atom. The van der Waals surface area contributed by atoms with Crippen LogP contribution in [0.5, 0.6) is 5.88 Å². The van der Waals surface area contributed by atoms with E-state index in [0.717, 1.165) is 36.9 Å². The van der Waals surface area contributed by atoms with E-state index in [-0.39, 0.29) is 18.4 Å². The first kappa shape index (κ1) is 17.9. The zero-order valence-electron chi connectivity index (χ0n) is 15.2. The number of nitriles is 1. The maximum absolute atomic E-state index is 12.1.